The second kappa shape index (κ2) is 10.1. The van der Waals surface area contributed by atoms with Gasteiger partial charge in [-0.1, -0.05) is 54.6 Å². The van der Waals surface area contributed by atoms with E-state index in [4.69, 9.17) is 0 Å². The van der Waals surface area contributed by atoms with Gasteiger partial charge in [-0.15, -0.1) is 0 Å². The second-order valence-electron chi connectivity index (χ2n) is 8.05. The lowest BCUT2D eigenvalue weighted by Gasteiger charge is -2.32. The Morgan fingerprint density at radius 3 is 2.55 bits per heavy atom. The average molecular weight is 416 g/mol. The Hall–Kier alpha value is -3.34. The molecule has 1 aliphatic rings. The number of carbonyl (C=O) groups is 2. The third-order valence-electron chi connectivity index (χ3n) is 5.86. The molecule has 1 saturated heterocycles. The molecule has 5 nitrogen and oxygen atoms in total. The predicted molar refractivity (Wildman–Crippen MR) is 125 cm³/mol. The van der Waals surface area contributed by atoms with Crippen molar-refractivity contribution in [3.8, 4) is 0 Å². The van der Waals surface area contributed by atoms with Gasteiger partial charge in [-0.3, -0.25) is 9.59 Å². The molecule has 1 aliphatic heterocycles. The summed E-state index contributed by atoms with van der Waals surface area (Å²) in [6.07, 6.45) is 2.53. The van der Waals surface area contributed by atoms with Gasteiger partial charge in [-0.25, -0.2) is 0 Å². The molecule has 0 bridgehead atoms. The summed E-state index contributed by atoms with van der Waals surface area (Å²) in [4.78, 5) is 27.7. The molecule has 3 aromatic rings. The molecule has 5 heteroatoms. The number of rotatable bonds is 7. The molecule has 1 atom stereocenters. The van der Waals surface area contributed by atoms with Gasteiger partial charge in [0.25, 0.3) is 5.91 Å². The van der Waals surface area contributed by atoms with Crippen molar-refractivity contribution in [1.82, 2.24) is 10.2 Å². The highest BCUT2D eigenvalue weighted by atomic mass is 16.2. The Bertz CT molecular complexity index is 1030. The normalized spacial score (nSPS) is 16.1. The Morgan fingerprint density at radius 1 is 0.903 bits per heavy atom. The minimum Gasteiger partial charge on any atom is -0.385 e. The first-order chi connectivity index (χ1) is 15.2. The molecule has 160 valence electrons. The van der Waals surface area contributed by atoms with Crippen LogP contribution in [0, 0.1) is 5.92 Å². The van der Waals surface area contributed by atoms with Crippen LogP contribution >= 0.6 is 0 Å². The zero-order valence-corrected chi connectivity index (χ0v) is 17.7. The van der Waals surface area contributed by atoms with Crippen LogP contribution in [0.4, 0.5) is 5.69 Å². The van der Waals surface area contributed by atoms with Gasteiger partial charge in [0.2, 0.25) is 5.91 Å². The fraction of sp³-hybridized carbons (Fsp3) is 0.308. The number of benzene rings is 3. The smallest absolute Gasteiger partial charge is 0.254 e. The molecule has 1 fully saturated rings. The zero-order valence-electron chi connectivity index (χ0n) is 17.7. The number of nitrogens with zero attached hydrogens (tertiary/aromatic N) is 1. The fourth-order valence-corrected chi connectivity index (χ4v) is 4.19. The molecule has 3 aromatic carbocycles. The maximum Gasteiger partial charge on any atom is 0.254 e. The summed E-state index contributed by atoms with van der Waals surface area (Å²) in [6, 6.07) is 23.8. The van der Waals surface area contributed by atoms with Crippen LogP contribution < -0.4 is 10.6 Å². The number of hydrogen-bond donors (Lipinski definition) is 2. The highest BCUT2D eigenvalue weighted by Crippen LogP contribution is 2.23. The largest absolute Gasteiger partial charge is 0.385 e. The van der Waals surface area contributed by atoms with Gasteiger partial charge in [-0.2, -0.15) is 0 Å². The van der Waals surface area contributed by atoms with Crippen LogP contribution in [0.25, 0.3) is 10.8 Å². The van der Waals surface area contributed by atoms with Gasteiger partial charge >= 0.3 is 0 Å². The molecular formula is C26H29N3O2. The van der Waals surface area contributed by atoms with E-state index in [0.717, 1.165) is 42.3 Å². The van der Waals surface area contributed by atoms with Crippen molar-refractivity contribution in [2.24, 2.45) is 5.92 Å². The number of hydrogen-bond acceptors (Lipinski definition) is 3. The minimum atomic E-state index is -0.144. The molecule has 0 saturated carbocycles. The van der Waals surface area contributed by atoms with Crippen LogP contribution in [-0.4, -0.2) is 42.9 Å². The second-order valence-corrected chi connectivity index (χ2v) is 8.05. The summed E-state index contributed by atoms with van der Waals surface area (Å²) >= 11 is 0. The van der Waals surface area contributed by atoms with E-state index >= 15 is 0 Å². The number of anilines is 1. The van der Waals surface area contributed by atoms with E-state index < -0.39 is 0 Å². The number of fused-ring (bicyclic) bond motifs is 1. The number of piperidine rings is 1. The monoisotopic (exact) mass is 415 g/mol. The summed E-state index contributed by atoms with van der Waals surface area (Å²) in [5, 5.41) is 8.42. The third kappa shape index (κ3) is 5.23. The van der Waals surface area contributed by atoms with Crippen molar-refractivity contribution in [2.75, 3.05) is 31.5 Å². The van der Waals surface area contributed by atoms with Crippen molar-refractivity contribution in [3.63, 3.8) is 0 Å². The van der Waals surface area contributed by atoms with Crippen molar-refractivity contribution in [1.29, 1.82) is 0 Å². The first-order valence-corrected chi connectivity index (χ1v) is 11.1. The molecule has 0 radical (unpaired) electrons. The molecule has 2 N–H and O–H groups in total. The van der Waals surface area contributed by atoms with E-state index in [1.165, 1.54) is 0 Å². The number of likely N-dealkylation sites (tertiary alicyclic amines) is 1. The van der Waals surface area contributed by atoms with Crippen molar-refractivity contribution >= 4 is 28.3 Å². The van der Waals surface area contributed by atoms with Gasteiger partial charge < -0.3 is 15.5 Å². The molecule has 1 heterocycles. The van der Waals surface area contributed by atoms with Crippen LogP contribution in [0.15, 0.2) is 72.8 Å². The molecule has 4 rings (SSSR count). The first-order valence-electron chi connectivity index (χ1n) is 11.1. The molecule has 0 aromatic heterocycles. The summed E-state index contributed by atoms with van der Waals surface area (Å²) < 4.78 is 0. The Kier molecular flexibility index (Phi) is 6.82. The number of carbonyl (C=O) groups excluding carboxylic acids is 2. The first kappa shape index (κ1) is 20.9. The lowest BCUT2D eigenvalue weighted by atomic mass is 9.95. The lowest BCUT2D eigenvalue weighted by molar-refractivity contribution is -0.126. The van der Waals surface area contributed by atoms with E-state index in [1.807, 2.05) is 77.7 Å². The summed E-state index contributed by atoms with van der Waals surface area (Å²) in [5.74, 6) is -0.0775. The lowest BCUT2D eigenvalue weighted by Crippen LogP contribution is -2.45. The summed E-state index contributed by atoms with van der Waals surface area (Å²) in [5.41, 5.74) is 1.80. The van der Waals surface area contributed by atoms with Gasteiger partial charge in [0.15, 0.2) is 0 Å². The van der Waals surface area contributed by atoms with Crippen LogP contribution in [0.1, 0.15) is 29.6 Å². The number of para-hydroxylation sites is 1. The molecular weight excluding hydrogens is 386 g/mol. The van der Waals surface area contributed by atoms with E-state index in [1.54, 1.807) is 0 Å². The van der Waals surface area contributed by atoms with E-state index in [2.05, 4.69) is 10.6 Å². The Morgan fingerprint density at radius 2 is 1.68 bits per heavy atom. The van der Waals surface area contributed by atoms with Crippen LogP contribution in [0.3, 0.4) is 0 Å². The highest BCUT2D eigenvalue weighted by Gasteiger charge is 2.29. The van der Waals surface area contributed by atoms with Crippen LogP contribution in [0.5, 0.6) is 0 Å². The average Bonchev–Trinajstić information content (AvgIpc) is 2.83. The number of amides is 2. The van der Waals surface area contributed by atoms with Gasteiger partial charge in [0.05, 0.1) is 5.92 Å². The van der Waals surface area contributed by atoms with E-state index in [0.29, 0.717) is 25.2 Å². The van der Waals surface area contributed by atoms with Crippen molar-refractivity contribution in [2.45, 2.75) is 19.3 Å². The van der Waals surface area contributed by atoms with E-state index in [9.17, 15) is 9.59 Å². The summed E-state index contributed by atoms with van der Waals surface area (Å²) in [7, 11) is 0. The maximum absolute atomic E-state index is 13.2. The maximum atomic E-state index is 13.2. The standard InChI is InChI=1S/C26H29N3O2/c30-25(28-17-8-16-27-22-12-2-1-3-13-22)21-11-7-18-29(19-21)26(31)24-15-6-10-20-9-4-5-14-23(20)24/h1-6,9-10,12-15,21,27H,7-8,11,16-19H2,(H,28,30). The van der Waals surface area contributed by atoms with Crippen LogP contribution in [0.2, 0.25) is 0 Å². The topological polar surface area (TPSA) is 61.4 Å². The quantitative estimate of drug-likeness (QED) is 0.565. The van der Waals surface area contributed by atoms with Crippen molar-refractivity contribution < 1.29 is 9.59 Å². The minimum absolute atomic E-state index is 0.0151. The highest BCUT2D eigenvalue weighted by molar-refractivity contribution is 6.07. The molecule has 0 spiro atoms. The third-order valence-corrected chi connectivity index (χ3v) is 5.86. The Labute approximate surface area is 183 Å². The SMILES string of the molecule is O=C(NCCCNc1ccccc1)C1CCCN(C(=O)c2cccc3ccccc23)C1. The predicted octanol–water partition coefficient (Wildman–Crippen LogP) is 4.31. The molecule has 31 heavy (non-hydrogen) atoms. The summed E-state index contributed by atoms with van der Waals surface area (Å²) in [6.45, 7) is 2.62. The molecule has 0 aliphatic carbocycles. The fourth-order valence-electron chi connectivity index (χ4n) is 4.19. The molecule has 1 unspecified atom stereocenters. The van der Waals surface area contributed by atoms with Gasteiger partial charge in [-0.05, 0) is 48.2 Å². The van der Waals surface area contributed by atoms with Gasteiger partial charge in [0.1, 0.15) is 0 Å². The van der Waals surface area contributed by atoms with Crippen LogP contribution in [-0.2, 0) is 4.79 Å². The zero-order chi connectivity index (χ0) is 21.5. The van der Waals surface area contributed by atoms with Gasteiger partial charge in [0, 0.05) is 37.4 Å². The number of nitrogens with one attached hydrogen (secondary N) is 2. The Balaban J connectivity index is 1.28. The van der Waals surface area contributed by atoms with E-state index in [-0.39, 0.29) is 17.7 Å². The van der Waals surface area contributed by atoms with Crippen molar-refractivity contribution in [3.05, 3.63) is 78.4 Å². The molecule has 2 amide bonds.